The van der Waals surface area contributed by atoms with Gasteiger partial charge in [0.1, 0.15) is 12.2 Å². The molecule has 0 saturated carbocycles. The third-order valence-electron chi connectivity index (χ3n) is 2.35. The van der Waals surface area contributed by atoms with E-state index in [1.807, 2.05) is 16.7 Å². The number of rotatable bonds is 2. The molecule has 0 aliphatic rings. The predicted octanol–water partition coefficient (Wildman–Crippen LogP) is 2.63. The van der Waals surface area contributed by atoms with E-state index in [4.69, 9.17) is 17.3 Å². The summed E-state index contributed by atoms with van der Waals surface area (Å²) in [6, 6.07) is 5.49. The van der Waals surface area contributed by atoms with Gasteiger partial charge in [-0.15, -0.1) is 10.2 Å². The monoisotopic (exact) mass is 236 g/mol. The Hall–Kier alpha value is -1.55. The van der Waals surface area contributed by atoms with E-state index >= 15 is 0 Å². The van der Waals surface area contributed by atoms with Crippen LogP contribution in [0.15, 0.2) is 24.5 Å². The van der Waals surface area contributed by atoms with Gasteiger partial charge in [-0.2, -0.15) is 0 Å². The molecular formula is C11H13ClN4. The summed E-state index contributed by atoms with van der Waals surface area (Å²) < 4.78 is 1.91. The van der Waals surface area contributed by atoms with E-state index in [9.17, 15) is 0 Å². The van der Waals surface area contributed by atoms with Crippen molar-refractivity contribution in [3.63, 3.8) is 0 Å². The molecule has 5 heteroatoms. The first-order chi connectivity index (χ1) is 7.59. The first kappa shape index (κ1) is 11.0. The van der Waals surface area contributed by atoms with E-state index < -0.39 is 0 Å². The summed E-state index contributed by atoms with van der Waals surface area (Å²) in [5.41, 5.74) is 7.25. The van der Waals surface area contributed by atoms with Gasteiger partial charge in [-0.25, -0.2) is 0 Å². The lowest BCUT2D eigenvalue weighted by molar-refractivity contribution is 0.745. The van der Waals surface area contributed by atoms with Crippen LogP contribution in [0.4, 0.5) is 5.69 Å². The Morgan fingerprint density at radius 3 is 2.75 bits per heavy atom. The zero-order valence-corrected chi connectivity index (χ0v) is 9.94. The lowest BCUT2D eigenvalue weighted by atomic mass is 10.2. The summed E-state index contributed by atoms with van der Waals surface area (Å²) in [6.45, 7) is 4.14. The molecule has 0 radical (unpaired) electrons. The number of hydrogen-bond acceptors (Lipinski definition) is 3. The van der Waals surface area contributed by atoms with Gasteiger partial charge in [-0.05, 0) is 18.2 Å². The van der Waals surface area contributed by atoms with Gasteiger partial charge >= 0.3 is 0 Å². The standard InChI is InChI=1S/C11H13ClN4/c1-7(2)11-15-14-6-16(11)8-3-4-9(12)10(13)5-8/h3-7H,13H2,1-2H3. The number of halogens is 1. The predicted molar refractivity (Wildman–Crippen MR) is 64.9 cm³/mol. The Morgan fingerprint density at radius 2 is 2.12 bits per heavy atom. The molecule has 0 amide bonds. The van der Waals surface area contributed by atoms with Crippen molar-refractivity contribution < 1.29 is 0 Å². The molecule has 16 heavy (non-hydrogen) atoms. The van der Waals surface area contributed by atoms with Crippen LogP contribution in [-0.4, -0.2) is 14.8 Å². The fourth-order valence-electron chi connectivity index (χ4n) is 1.52. The zero-order valence-electron chi connectivity index (χ0n) is 9.18. The quantitative estimate of drug-likeness (QED) is 0.816. The zero-order chi connectivity index (χ0) is 11.7. The molecule has 1 aromatic carbocycles. The van der Waals surface area contributed by atoms with Crippen LogP contribution >= 0.6 is 11.6 Å². The second kappa shape index (κ2) is 4.14. The van der Waals surface area contributed by atoms with E-state index in [1.54, 1.807) is 12.4 Å². The summed E-state index contributed by atoms with van der Waals surface area (Å²) in [5.74, 6) is 1.21. The molecular weight excluding hydrogens is 224 g/mol. The highest BCUT2D eigenvalue weighted by Crippen LogP contribution is 2.23. The van der Waals surface area contributed by atoms with Crippen LogP contribution in [0.3, 0.4) is 0 Å². The van der Waals surface area contributed by atoms with Gasteiger partial charge in [-0.1, -0.05) is 25.4 Å². The van der Waals surface area contributed by atoms with E-state index in [-0.39, 0.29) is 0 Å². The fourth-order valence-corrected chi connectivity index (χ4v) is 1.64. The largest absolute Gasteiger partial charge is 0.397 e. The van der Waals surface area contributed by atoms with Gasteiger partial charge in [0.05, 0.1) is 16.4 Å². The fraction of sp³-hybridized carbons (Fsp3) is 0.273. The van der Waals surface area contributed by atoms with Crippen molar-refractivity contribution in [2.45, 2.75) is 19.8 Å². The average molecular weight is 237 g/mol. The highest BCUT2D eigenvalue weighted by Gasteiger charge is 2.10. The van der Waals surface area contributed by atoms with Crippen molar-refractivity contribution in [2.75, 3.05) is 5.73 Å². The van der Waals surface area contributed by atoms with Gasteiger partial charge in [-0.3, -0.25) is 4.57 Å². The number of nitrogens with two attached hydrogens (primary N) is 1. The van der Waals surface area contributed by atoms with Crippen molar-refractivity contribution in [3.8, 4) is 5.69 Å². The Bertz CT molecular complexity index is 504. The third kappa shape index (κ3) is 1.88. The Morgan fingerprint density at radius 1 is 1.38 bits per heavy atom. The number of anilines is 1. The molecule has 2 rings (SSSR count). The van der Waals surface area contributed by atoms with Crippen molar-refractivity contribution in [1.29, 1.82) is 0 Å². The SMILES string of the molecule is CC(C)c1nncn1-c1ccc(Cl)c(N)c1. The van der Waals surface area contributed by atoms with Crippen LogP contribution in [-0.2, 0) is 0 Å². The van der Waals surface area contributed by atoms with Crippen LogP contribution in [0.5, 0.6) is 0 Å². The summed E-state index contributed by atoms with van der Waals surface area (Å²) in [5, 5.41) is 8.55. The minimum Gasteiger partial charge on any atom is -0.397 e. The molecule has 84 valence electrons. The van der Waals surface area contributed by atoms with Gasteiger partial charge < -0.3 is 5.73 Å². The molecule has 0 aliphatic carbocycles. The smallest absolute Gasteiger partial charge is 0.139 e. The Balaban J connectivity index is 2.50. The minimum atomic E-state index is 0.305. The van der Waals surface area contributed by atoms with E-state index in [2.05, 4.69) is 24.0 Å². The lowest BCUT2D eigenvalue weighted by Crippen LogP contribution is -2.02. The number of benzene rings is 1. The van der Waals surface area contributed by atoms with Crippen LogP contribution < -0.4 is 5.73 Å². The Labute approximate surface area is 99.1 Å². The highest BCUT2D eigenvalue weighted by molar-refractivity contribution is 6.33. The molecule has 2 aromatic rings. The lowest BCUT2D eigenvalue weighted by Gasteiger charge is -2.09. The molecule has 0 aliphatic heterocycles. The summed E-state index contributed by atoms with van der Waals surface area (Å²) >= 11 is 5.88. The normalized spacial score (nSPS) is 11.0. The number of nitrogen functional groups attached to an aromatic ring is 1. The number of aromatic nitrogens is 3. The molecule has 0 atom stereocenters. The molecule has 2 N–H and O–H groups in total. The van der Waals surface area contributed by atoms with Gasteiger partial charge in [0.2, 0.25) is 0 Å². The van der Waals surface area contributed by atoms with Gasteiger partial charge in [0, 0.05) is 5.92 Å². The molecule has 0 spiro atoms. The first-order valence-corrected chi connectivity index (χ1v) is 5.42. The van der Waals surface area contributed by atoms with Crippen molar-refractivity contribution in [1.82, 2.24) is 14.8 Å². The topological polar surface area (TPSA) is 56.7 Å². The summed E-state index contributed by atoms with van der Waals surface area (Å²) in [6.07, 6.45) is 1.68. The maximum atomic E-state index is 5.88. The van der Waals surface area contributed by atoms with Crippen molar-refractivity contribution in [3.05, 3.63) is 35.4 Å². The average Bonchev–Trinajstić information content (AvgIpc) is 2.71. The molecule has 1 aromatic heterocycles. The maximum absolute atomic E-state index is 5.88. The minimum absolute atomic E-state index is 0.305. The van der Waals surface area contributed by atoms with Crippen LogP contribution in [0.1, 0.15) is 25.6 Å². The number of nitrogens with zero attached hydrogens (tertiary/aromatic N) is 3. The van der Waals surface area contributed by atoms with Crippen LogP contribution in [0.2, 0.25) is 5.02 Å². The first-order valence-electron chi connectivity index (χ1n) is 5.05. The highest BCUT2D eigenvalue weighted by atomic mass is 35.5. The van der Waals surface area contributed by atoms with Crippen LogP contribution in [0, 0.1) is 0 Å². The molecule has 0 unspecified atom stereocenters. The second-order valence-electron chi connectivity index (χ2n) is 3.92. The van der Waals surface area contributed by atoms with E-state index in [1.165, 1.54) is 0 Å². The van der Waals surface area contributed by atoms with E-state index in [0.717, 1.165) is 11.5 Å². The van der Waals surface area contributed by atoms with Gasteiger partial charge in [0.15, 0.2) is 0 Å². The Kier molecular flexibility index (Phi) is 2.83. The van der Waals surface area contributed by atoms with Crippen LogP contribution in [0.25, 0.3) is 5.69 Å². The third-order valence-corrected chi connectivity index (χ3v) is 2.69. The molecule has 0 bridgehead atoms. The van der Waals surface area contributed by atoms with E-state index in [0.29, 0.717) is 16.6 Å². The van der Waals surface area contributed by atoms with Crippen molar-refractivity contribution in [2.24, 2.45) is 0 Å². The molecule has 0 saturated heterocycles. The van der Waals surface area contributed by atoms with Gasteiger partial charge in [0.25, 0.3) is 0 Å². The molecule has 4 nitrogen and oxygen atoms in total. The second-order valence-corrected chi connectivity index (χ2v) is 4.33. The summed E-state index contributed by atoms with van der Waals surface area (Å²) in [7, 11) is 0. The molecule has 1 heterocycles. The molecule has 0 fully saturated rings. The maximum Gasteiger partial charge on any atom is 0.139 e. The van der Waals surface area contributed by atoms with Crippen molar-refractivity contribution >= 4 is 17.3 Å². The number of hydrogen-bond donors (Lipinski definition) is 1. The summed E-state index contributed by atoms with van der Waals surface area (Å²) in [4.78, 5) is 0.